The summed E-state index contributed by atoms with van der Waals surface area (Å²) in [5, 5.41) is 0. The van der Waals surface area contributed by atoms with E-state index >= 15 is 0 Å². The van der Waals surface area contributed by atoms with Crippen molar-refractivity contribution in [3.05, 3.63) is 72.1 Å². The van der Waals surface area contributed by atoms with Gasteiger partial charge >= 0.3 is 0 Å². The van der Waals surface area contributed by atoms with Gasteiger partial charge in [0.1, 0.15) is 0 Å². The van der Waals surface area contributed by atoms with Gasteiger partial charge in [-0.05, 0) is 42.7 Å². The van der Waals surface area contributed by atoms with Crippen molar-refractivity contribution in [1.29, 1.82) is 0 Å². The molecule has 0 nitrogen and oxygen atoms in total. The minimum Gasteiger partial charge on any atom is -0.129 e. The van der Waals surface area contributed by atoms with Crippen LogP contribution in [0.25, 0.3) is 0 Å². The average Bonchev–Trinajstić information content (AvgIpc) is 2.40. The van der Waals surface area contributed by atoms with Gasteiger partial charge in [0.25, 0.3) is 0 Å². The van der Waals surface area contributed by atoms with E-state index in [2.05, 4.69) is 67.3 Å². The summed E-state index contributed by atoms with van der Waals surface area (Å²) in [7, 11) is 0. The van der Waals surface area contributed by atoms with E-state index in [9.17, 15) is 0 Å². The molecule has 0 bridgehead atoms. The minimum atomic E-state index is 1.10. The first-order valence-electron chi connectivity index (χ1n) is 5.90. The van der Waals surface area contributed by atoms with E-state index in [4.69, 9.17) is 0 Å². The van der Waals surface area contributed by atoms with Crippen LogP contribution in [-0.2, 0) is 6.42 Å². The molecule has 2 rings (SSSR count). The van der Waals surface area contributed by atoms with E-state index in [1.165, 1.54) is 16.0 Å². The predicted molar refractivity (Wildman–Crippen MR) is 76.4 cm³/mol. The van der Waals surface area contributed by atoms with Gasteiger partial charge in [0.2, 0.25) is 0 Å². The van der Waals surface area contributed by atoms with E-state index in [0.717, 1.165) is 12.8 Å². The zero-order chi connectivity index (χ0) is 11.9. The maximum atomic E-state index is 2.33. The Hall–Kier alpha value is -1.21. The molecule has 87 valence electrons. The predicted octanol–water partition coefficient (Wildman–Crippen LogP) is 4.59. The molecule has 0 spiro atoms. The molecule has 0 saturated heterocycles. The zero-order valence-electron chi connectivity index (χ0n) is 10.1. The third kappa shape index (κ3) is 3.64. The van der Waals surface area contributed by atoms with Crippen molar-refractivity contribution in [1.82, 2.24) is 0 Å². The molecule has 0 N–H and O–H groups in total. The minimum absolute atomic E-state index is 1.10. The quantitative estimate of drug-likeness (QED) is 0.690. The van der Waals surface area contributed by atoms with Crippen molar-refractivity contribution in [3.8, 4) is 0 Å². The Kier molecular flexibility index (Phi) is 4.69. The summed E-state index contributed by atoms with van der Waals surface area (Å²) < 4.78 is 0. The van der Waals surface area contributed by atoms with Crippen LogP contribution in [0.3, 0.4) is 0 Å². The third-order valence-corrected chi connectivity index (χ3v) is 3.59. The topological polar surface area (TPSA) is 0 Å². The first-order chi connectivity index (χ1) is 8.40. The van der Waals surface area contributed by atoms with Crippen LogP contribution in [0.15, 0.2) is 59.5 Å². The molecule has 0 atom stereocenters. The van der Waals surface area contributed by atoms with Crippen molar-refractivity contribution in [2.75, 3.05) is 6.26 Å². The van der Waals surface area contributed by atoms with Crippen molar-refractivity contribution in [2.45, 2.75) is 17.7 Å². The second-order valence-electron chi connectivity index (χ2n) is 3.97. The van der Waals surface area contributed by atoms with E-state index in [1.54, 1.807) is 0 Å². The van der Waals surface area contributed by atoms with Gasteiger partial charge in [-0.25, -0.2) is 0 Å². The molecule has 0 fully saturated rings. The van der Waals surface area contributed by atoms with Gasteiger partial charge in [0.05, 0.1) is 0 Å². The first kappa shape index (κ1) is 12.3. The summed E-state index contributed by atoms with van der Waals surface area (Å²) in [6, 6.07) is 19.2. The Morgan fingerprint density at radius 3 is 2.41 bits per heavy atom. The van der Waals surface area contributed by atoms with Crippen molar-refractivity contribution < 1.29 is 0 Å². The average molecular weight is 241 g/mol. The maximum absolute atomic E-state index is 2.33. The lowest BCUT2D eigenvalue weighted by molar-refractivity contribution is 0.943. The molecule has 0 unspecified atom stereocenters. The smallest absolute Gasteiger partial charge is 0.0104 e. The summed E-state index contributed by atoms with van der Waals surface area (Å²) in [5.41, 5.74) is 2.77. The Morgan fingerprint density at radius 2 is 1.65 bits per heavy atom. The molecular weight excluding hydrogens is 224 g/mol. The van der Waals surface area contributed by atoms with Crippen LogP contribution < -0.4 is 0 Å². The van der Waals surface area contributed by atoms with Crippen LogP contribution in [0.2, 0.25) is 0 Å². The highest BCUT2D eigenvalue weighted by atomic mass is 32.2. The monoisotopic (exact) mass is 241 g/mol. The highest BCUT2D eigenvalue weighted by Crippen LogP contribution is 2.22. The normalized spacial score (nSPS) is 10.4. The standard InChI is InChI=1S/C16H17S/c1-17-16-13-6-5-11-15(16)12-7-10-14-8-3-2-4-9-14/h2-6,8-9,11-13H,7,10H2,1H3. The fourth-order valence-corrected chi connectivity index (χ4v) is 2.48. The number of hydrogen-bond donors (Lipinski definition) is 0. The van der Waals surface area contributed by atoms with Crippen LogP contribution in [-0.4, -0.2) is 6.26 Å². The molecule has 1 heteroatoms. The summed E-state index contributed by atoms with van der Waals surface area (Å²) >= 11 is 1.81. The summed E-state index contributed by atoms with van der Waals surface area (Å²) in [6.45, 7) is 0. The number of thioether (sulfide) groups is 1. The number of rotatable bonds is 5. The summed E-state index contributed by atoms with van der Waals surface area (Å²) in [5.74, 6) is 0. The fraction of sp³-hybridized carbons (Fsp3) is 0.188. The van der Waals surface area contributed by atoms with Gasteiger partial charge in [-0.15, -0.1) is 11.8 Å². The lowest BCUT2D eigenvalue weighted by Crippen LogP contribution is -1.89. The second-order valence-corrected chi connectivity index (χ2v) is 4.82. The number of aryl methyl sites for hydroxylation is 1. The molecule has 2 aromatic rings. The highest BCUT2D eigenvalue weighted by molar-refractivity contribution is 7.98. The third-order valence-electron chi connectivity index (χ3n) is 2.78. The van der Waals surface area contributed by atoms with Crippen LogP contribution in [0.1, 0.15) is 17.5 Å². The van der Waals surface area contributed by atoms with Gasteiger partial charge in [-0.2, -0.15) is 0 Å². The van der Waals surface area contributed by atoms with E-state index in [1.807, 2.05) is 11.8 Å². The number of benzene rings is 2. The van der Waals surface area contributed by atoms with Crippen LogP contribution >= 0.6 is 11.8 Å². The van der Waals surface area contributed by atoms with Gasteiger partial charge < -0.3 is 0 Å². The largest absolute Gasteiger partial charge is 0.129 e. The molecule has 0 saturated carbocycles. The number of hydrogen-bond acceptors (Lipinski definition) is 1. The highest BCUT2D eigenvalue weighted by Gasteiger charge is 2.00. The molecule has 0 heterocycles. The second kappa shape index (κ2) is 6.51. The summed E-state index contributed by atoms with van der Waals surface area (Å²) in [4.78, 5) is 1.36. The molecule has 0 aromatic heterocycles. The lowest BCUT2D eigenvalue weighted by atomic mass is 10.0. The van der Waals surface area contributed by atoms with E-state index in [-0.39, 0.29) is 0 Å². The maximum Gasteiger partial charge on any atom is 0.0104 e. The Morgan fingerprint density at radius 1 is 0.941 bits per heavy atom. The van der Waals surface area contributed by atoms with Crippen LogP contribution in [0, 0.1) is 6.42 Å². The molecule has 0 amide bonds. The van der Waals surface area contributed by atoms with Crippen LogP contribution in [0.5, 0.6) is 0 Å². The molecule has 0 aliphatic carbocycles. The van der Waals surface area contributed by atoms with E-state index in [0.29, 0.717) is 0 Å². The van der Waals surface area contributed by atoms with E-state index < -0.39 is 0 Å². The molecule has 2 aromatic carbocycles. The van der Waals surface area contributed by atoms with Crippen LogP contribution in [0.4, 0.5) is 0 Å². The van der Waals surface area contributed by atoms with Gasteiger partial charge in [-0.3, -0.25) is 0 Å². The van der Waals surface area contributed by atoms with Gasteiger partial charge in [0.15, 0.2) is 0 Å². The SMILES string of the molecule is CSc1ccccc1[CH]CCc1ccccc1. The molecule has 1 radical (unpaired) electrons. The Bertz CT molecular complexity index is 448. The van der Waals surface area contributed by atoms with Gasteiger partial charge in [0, 0.05) is 4.90 Å². The fourth-order valence-electron chi connectivity index (χ4n) is 1.87. The lowest BCUT2D eigenvalue weighted by Gasteiger charge is -2.06. The van der Waals surface area contributed by atoms with Crippen molar-refractivity contribution >= 4 is 11.8 Å². The Balaban J connectivity index is 1.90. The van der Waals surface area contributed by atoms with Crippen molar-refractivity contribution in [3.63, 3.8) is 0 Å². The zero-order valence-corrected chi connectivity index (χ0v) is 10.9. The molecule has 17 heavy (non-hydrogen) atoms. The van der Waals surface area contributed by atoms with Gasteiger partial charge in [-0.1, -0.05) is 48.5 Å². The first-order valence-corrected chi connectivity index (χ1v) is 7.13. The molecule has 0 aliphatic rings. The summed E-state index contributed by atoms with van der Waals surface area (Å²) in [6.07, 6.45) is 6.67. The molecular formula is C16H17S. The molecule has 0 aliphatic heterocycles. The Labute approximate surface area is 108 Å². The van der Waals surface area contributed by atoms with Crippen molar-refractivity contribution in [2.24, 2.45) is 0 Å².